The molecule has 0 bridgehead atoms. The van der Waals surface area contributed by atoms with Crippen LogP contribution in [0.25, 0.3) is 22.4 Å². The van der Waals surface area contributed by atoms with Crippen molar-refractivity contribution in [3.63, 3.8) is 0 Å². The summed E-state index contributed by atoms with van der Waals surface area (Å²) in [5, 5.41) is 8.32. The Morgan fingerprint density at radius 3 is 2.50 bits per heavy atom. The van der Waals surface area contributed by atoms with Crippen LogP contribution in [-0.2, 0) is 6.42 Å². The Kier molecular flexibility index (Phi) is 3.70. The van der Waals surface area contributed by atoms with Crippen LogP contribution in [0.1, 0.15) is 18.1 Å². The maximum absolute atomic E-state index is 12.8. The molecule has 0 amide bonds. The topological polar surface area (TPSA) is 47.3 Å². The van der Waals surface area contributed by atoms with Crippen LogP contribution in [0, 0.1) is 0 Å². The average molecular weight is 333 g/mol. The molecule has 2 aromatic heterocycles. The molecule has 0 N–H and O–H groups in total. The number of aromatic nitrogens is 3. The fourth-order valence-electron chi connectivity index (χ4n) is 2.64. The molecule has 0 aliphatic carbocycles. The van der Waals surface area contributed by atoms with E-state index in [0.29, 0.717) is 15.3 Å². The van der Waals surface area contributed by atoms with E-state index in [9.17, 15) is 4.79 Å². The van der Waals surface area contributed by atoms with Gasteiger partial charge in [0, 0.05) is 5.56 Å². The summed E-state index contributed by atoms with van der Waals surface area (Å²) in [6.45, 7) is 2.13. The Hall–Kier alpha value is -2.79. The van der Waals surface area contributed by atoms with Crippen molar-refractivity contribution in [2.75, 3.05) is 0 Å². The SMILES string of the molecule is CCc1ccc(/C=c2\sc3nnc(-c4ccccc4)n3c2=O)cc1. The standard InChI is InChI=1S/C19H15N3OS/c1-2-13-8-10-14(11-9-13)12-16-18(23)22-17(20-21-19(22)24-16)15-6-4-3-5-7-15/h3-12H,2H2,1H3/b16-12-. The van der Waals surface area contributed by atoms with Gasteiger partial charge in [0.15, 0.2) is 5.82 Å². The summed E-state index contributed by atoms with van der Waals surface area (Å²) in [6.07, 6.45) is 2.92. The summed E-state index contributed by atoms with van der Waals surface area (Å²) < 4.78 is 2.26. The predicted molar refractivity (Wildman–Crippen MR) is 97.2 cm³/mol. The molecule has 4 nitrogen and oxygen atoms in total. The van der Waals surface area contributed by atoms with Crippen molar-refractivity contribution in [2.24, 2.45) is 0 Å². The average Bonchev–Trinajstić information content (AvgIpc) is 3.17. The Bertz CT molecular complexity index is 1100. The predicted octanol–water partition coefficient (Wildman–Crippen LogP) is 2.93. The van der Waals surface area contributed by atoms with Gasteiger partial charge in [0.05, 0.1) is 4.53 Å². The summed E-state index contributed by atoms with van der Waals surface area (Å²) in [4.78, 5) is 13.4. The molecule has 0 saturated heterocycles. The first-order chi connectivity index (χ1) is 11.8. The van der Waals surface area contributed by atoms with Crippen molar-refractivity contribution in [2.45, 2.75) is 13.3 Å². The Labute approximate surface area is 142 Å². The van der Waals surface area contributed by atoms with Crippen LogP contribution in [0.2, 0.25) is 0 Å². The highest BCUT2D eigenvalue weighted by atomic mass is 32.1. The largest absolute Gasteiger partial charge is 0.276 e. The van der Waals surface area contributed by atoms with Crippen LogP contribution in [0.4, 0.5) is 0 Å². The second kappa shape index (κ2) is 6.02. The van der Waals surface area contributed by atoms with Crippen LogP contribution < -0.4 is 10.1 Å². The molecule has 0 atom stereocenters. The van der Waals surface area contributed by atoms with Crippen molar-refractivity contribution in [3.05, 3.63) is 80.6 Å². The summed E-state index contributed by atoms with van der Waals surface area (Å²) in [5.74, 6) is 0.591. The first-order valence-electron chi connectivity index (χ1n) is 7.80. The molecule has 24 heavy (non-hydrogen) atoms. The highest BCUT2D eigenvalue weighted by molar-refractivity contribution is 7.15. The lowest BCUT2D eigenvalue weighted by molar-refractivity contribution is 1.09. The summed E-state index contributed by atoms with van der Waals surface area (Å²) in [7, 11) is 0. The fraction of sp³-hybridized carbons (Fsp3) is 0.105. The summed E-state index contributed by atoms with van der Waals surface area (Å²) in [5.41, 5.74) is 3.12. The molecule has 2 heterocycles. The maximum atomic E-state index is 12.8. The lowest BCUT2D eigenvalue weighted by Crippen LogP contribution is -2.23. The zero-order valence-corrected chi connectivity index (χ0v) is 14.0. The number of fused-ring (bicyclic) bond motifs is 1. The van der Waals surface area contributed by atoms with Crippen molar-refractivity contribution >= 4 is 22.4 Å². The Morgan fingerprint density at radius 1 is 1.04 bits per heavy atom. The van der Waals surface area contributed by atoms with Gasteiger partial charge in [0.1, 0.15) is 0 Å². The second-order valence-electron chi connectivity index (χ2n) is 5.52. The van der Waals surface area contributed by atoms with E-state index in [1.54, 1.807) is 4.40 Å². The summed E-state index contributed by atoms with van der Waals surface area (Å²) >= 11 is 1.37. The third kappa shape index (κ3) is 2.53. The van der Waals surface area contributed by atoms with Gasteiger partial charge in [-0.3, -0.25) is 4.79 Å². The highest BCUT2D eigenvalue weighted by Crippen LogP contribution is 2.17. The molecule has 4 rings (SSSR count). The van der Waals surface area contributed by atoms with E-state index >= 15 is 0 Å². The van der Waals surface area contributed by atoms with Crippen molar-refractivity contribution in [1.29, 1.82) is 0 Å². The second-order valence-corrected chi connectivity index (χ2v) is 6.53. The van der Waals surface area contributed by atoms with Gasteiger partial charge in [-0.1, -0.05) is 72.9 Å². The third-order valence-corrected chi connectivity index (χ3v) is 4.93. The number of rotatable bonds is 3. The number of aryl methyl sites for hydroxylation is 1. The van der Waals surface area contributed by atoms with Crippen molar-refractivity contribution < 1.29 is 0 Å². The molecule has 0 spiro atoms. The maximum Gasteiger partial charge on any atom is 0.276 e. The van der Waals surface area contributed by atoms with Gasteiger partial charge in [-0.2, -0.15) is 0 Å². The molecule has 0 radical (unpaired) electrons. The quantitative estimate of drug-likeness (QED) is 0.579. The first kappa shape index (κ1) is 14.8. The molecule has 2 aromatic carbocycles. The number of hydrogen-bond donors (Lipinski definition) is 0. The first-order valence-corrected chi connectivity index (χ1v) is 8.62. The minimum Gasteiger partial charge on any atom is -0.267 e. The summed E-state index contributed by atoms with van der Waals surface area (Å²) in [6, 6.07) is 17.9. The van der Waals surface area contributed by atoms with Gasteiger partial charge < -0.3 is 0 Å². The number of thiazole rings is 1. The van der Waals surface area contributed by atoms with E-state index in [1.165, 1.54) is 16.9 Å². The fourth-order valence-corrected chi connectivity index (χ4v) is 3.55. The molecular formula is C19H15N3OS. The zero-order chi connectivity index (χ0) is 16.5. The lowest BCUT2D eigenvalue weighted by atomic mass is 10.1. The van der Waals surface area contributed by atoms with Gasteiger partial charge in [0.2, 0.25) is 4.96 Å². The Morgan fingerprint density at radius 2 is 1.79 bits per heavy atom. The smallest absolute Gasteiger partial charge is 0.267 e. The monoisotopic (exact) mass is 333 g/mol. The van der Waals surface area contributed by atoms with Crippen LogP contribution >= 0.6 is 11.3 Å². The minimum atomic E-state index is -0.0709. The third-order valence-electron chi connectivity index (χ3n) is 3.97. The number of hydrogen-bond acceptors (Lipinski definition) is 4. The lowest BCUT2D eigenvalue weighted by Gasteiger charge is -1.96. The van der Waals surface area contributed by atoms with E-state index in [2.05, 4.69) is 29.3 Å². The molecule has 5 heteroatoms. The molecule has 0 fully saturated rings. The van der Waals surface area contributed by atoms with Crippen LogP contribution in [0.5, 0.6) is 0 Å². The van der Waals surface area contributed by atoms with Gasteiger partial charge in [-0.15, -0.1) is 10.2 Å². The van der Waals surface area contributed by atoms with Gasteiger partial charge in [-0.05, 0) is 23.6 Å². The molecule has 118 valence electrons. The van der Waals surface area contributed by atoms with Crippen molar-refractivity contribution in [3.8, 4) is 11.4 Å². The van der Waals surface area contributed by atoms with Gasteiger partial charge >= 0.3 is 0 Å². The zero-order valence-electron chi connectivity index (χ0n) is 13.1. The molecular weight excluding hydrogens is 318 g/mol. The van der Waals surface area contributed by atoms with E-state index in [4.69, 9.17) is 0 Å². The highest BCUT2D eigenvalue weighted by Gasteiger charge is 2.13. The Balaban J connectivity index is 1.86. The molecule has 0 aliphatic heterocycles. The van der Waals surface area contributed by atoms with Crippen LogP contribution in [0.3, 0.4) is 0 Å². The molecule has 0 saturated carbocycles. The van der Waals surface area contributed by atoms with Gasteiger partial charge in [-0.25, -0.2) is 4.40 Å². The minimum absolute atomic E-state index is 0.0709. The van der Waals surface area contributed by atoms with E-state index in [-0.39, 0.29) is 5.56 Å². The van der Waals surface area contributed by atoms with Crippen molar-refractivity contribution in [1.82, 2.24) is 14.6 Å². The van der Waals surface area contributed by atoms with Gasteiger partial charge in [0.25, 0.3) is 5.56 Å². The number of benzene rings is 2. The molecule has 4 aromatic rings. The van der Waals surface area contributed by atoms with E-state index < -0.39 is 0 Å². The molecule has 0 unspecified atom stereocenters. The van der Waals surface area contributed by atoms with E-state index in [0.717, 1.165) is 17.5 Å². The number of nitrogens with zero attached hydrogens (tertiary/aromatic N) is 3. The van der Waals surface area contributed by atoms with Crippen LogP contribution in [-0.4, -0.2) is 14.6 Å². The molecule has 0 aliphatic rings. The van der Waals surface area contributed by atoms with E-state index in [1.807, 2.05) is 48.5 Å². The van der Waals surface area contributed by atoms with Crippen LogP contribution in [0.15, 0.2) is 59.4 Å². The normalized spacial score (nSPS) is 12.1.